The molecule has 0 aliphatic heterocycles. The molecular formula is C8H5BrClIO2. The third-order valence-corrected chi connectivity index (χ3v) is 4.38. The highest BCUT2D eigenvalue weighted by molar-refractivity contribution is 14.1. The van der Waals surface area contributed by atoms with Gasteiger partial charge in [0.25, 0.3) is 0 Å². The normalized spacial score (nSPS) is 10.1. The first kappa shape index (κ1) is 11.3. The van der Waals surface area contributed by atoms with E-state index in [1.54, 1.807) is 6.07 Å². The zero-order valence-corrected chi connectivity index (χ0v) is 10.9. The number of carbonyl (C=O) groups excluding carboxylic acids is 1. The number of benzene rings is 1. The van der Waals surface area contributed by atoms with Crippen molar-refractivity contribution in [3.8, 4) is 5.75 Å². The summed E-state index contributed by atoms with van der Waals surface area (Å²) in [6, 6.07) is 3.03. The first-order chi connectivity index (χ1) is 6.07. The molecule has 0 amide bonds. The van der Waals surface area contributed by atoms with Crippen molar-refractivity contribution < 1.29 is 9.90 Å². The molecule has 0 aromatic heterocycles. The molecule has 0 spiro atoms. The number of phenolic OH excluding ortho intramolecular Hbond substituents is 1. The number of aromatic hydroxyl groups is 1. The van der Waals surface area contributed by atoms with E-state index in [0.29, 0.717) is 13.6 Å². The Morgan fingerprint density at radius 2 is 2.23 bits per heavy atom. The average molecular weight is 375 g/mol. The van der Waals surface area contributed by atoms with Gasteiger partial charge in [-0.3, -0.25) is 4.79 Å². The molecule has 1 N–H and O–H groups in total. The Kier molecular flexibility index (Phi) is 4.00. The molecule has 13 heavy (non-hydrogen) atoms. The van der Waals surface area contributed by atoms with Crippen molar-refractivity contribution in [1.82, 2.24) is 0 Å². The van der Waals surface area contributed by atoms with Gasteiger partial charge in [-0.05, 0) is 50.7 Å². The molecule has 0 radical (unpaired) electrons. The molecule has 0 fully saturated rings. The monoisotopic (exact) mass is 374 g/mol. The molecule has 70 valence electrons. The lowest BCUT2D eigenvalue weighted by Crippen LogP contribution is -2.02. The van der Waals surface area contributed by atoms with E-state index in [9.17, 15) is 9.90 Å². The van der Waals surface area contributed by atoms with E-state index in [1.165, 1.54) is 6.07 Å². The Labute approximate surface area is 103 Å². The quantitative estimate of drug-likeness (QED) is 0.490. The van der Waals surface area contributed by atoms with Crippen molar-refractivity contribution >= 4 is 55.9 Å². The Morgan fingerprint density at radius 1 is 1.62 bits per heavy atom. The standard InChI is InChI=1S/C8H5BrClIO2/c9-7-4(6(13)3-10)1-2-5(12)8(7)11/h1-2,12H,3H2. The summed E-state index contributed by atoms with van der Waals surface area (Å²) >= 11 is 10.6. The number of ketones is 1. The summed E-state index contributed by atoms with van der Waals surface area (Å²) in [5.74, 6) is -0.0653. The molecule has 0 bridgehead atoms. The number of halogens is 3. The molecule has 1 aromatic rings. The number of rotatable bonds is 2. The van der Waals surface area contributed by atoms with Crippen molar-refractivity contribution in [2.45, 2.75) is 0 Å². The lowest BCUT2D eigenvalue weighted by Gasteiger charge is -2.04. The second-order valence-corrected chi connectivity index (χ2v) is 4.46. The van der Waals surface area contributed by atoms with Gasteiger partial charge in [-0.1, -0.05) is 0 Å². The van der Waals surface area contributed by atoms with Gasteiger partial charge in [-0.2, -0.15) is 0 Å². The molecule has 5 heteroatoms. The molecular weight excluding hydrogens is 370 g/mol. The number of alkyl halides is 1. The van der Waals surface area contributed by atoms with Crippen LogP contribution in [0.4, 0.5) is 0 Å². The minimum atomic E-state index is -0.161. The van der Waals surface area contributed by atoms with Crippen LogP contribution in [0, 0.1) is 3.57 Å². The number of carbonyl (C=O) groups is 1. The third kappa shape index (κ3) is 2.35. The van der Waals surface area contributed by atoms with E-state index >= 15 is 0 Å². The van der Waals surface area contributed by atoms with Crippen LogP contribution in [0.5, 0.6) is 5.75 Å². The Balaban J connectivity index is 3.26. The van der Waals surface area contributed by atoms with E-state index in [0.717, 1.165) is 0 Å². The van der Waals surface area contributed by atoms with Crippen LogP contribution < -0.4 is 0 Å². The minimum absolute atomic E-state index is 0.0561. The Bertz CT molecular complexity index is 354. The van der Waals surface area contributed by atoms with Gasteiger partial charge in [0.15, 0.2) is 5.78 Å². The van der Waals surface area contributed by atoms with Crippen LogP contribution in [0.1, 0.15) is 10.4 Å². The maximum absolute atomic E-state index is 11.3. The van der Waals surface area contributed by atoms with Crippen LogP contribution in [-0.2, 0) is 0 Å². The fourth-order valence-corrected chi connectivity index (χ4v) is 2.00. The lowest BCUT2D eigenvalue weighted by molar-refractivity contribution is 0.102. The van der Waals surface area contributed by atoms with Crippen LogP contribution in [0.25, 0.3) is 0 Å². The highest BCUT2D eigenvalue weighted by Crippen LogP contribution is 2.31. The van der Waals surface area contributed by atoms with Gasteiger partial charge in [0.2, 0.25) is 0 Å². The molecule has 0 aliphatic rings. The van der Waals surface area contributed by atoms with Gasteiger partial charge < -0.3 is 5.11 Å². The second kappa shape index (κ2) is 4.61. The molecule has 0 saturated carbocycles. The SMILES string of the molecule is O=C(CCl)c1ccc(O)c(I)c1Br. The zero-order valence-electron chi connectivity index (χ0n) is 6.35. The molecule has 0 unspecified atom stereocenters. The molecule has 0 aliphatic carbocycles. The predicted octanol–water partition coefficient (Wildman–Crippen LogP) is 3.18. The van der Waals surface area contributed by atoms with Crippen molar-refractivity contribution in [3.05, 3.63) is 25.7 Å². The summed E-state index contributed by atoms with van der Waals surface area (Å²) < 4.78 is 1.22. The molecule has 1 rings (SSSR count). The maximum atomic E-state index is 11.3. The second-order valence-electron chi connectivity index (χ2n) is 2.32. The lowest BCUT2D eigenvalue weighted by atomic mass is 10.1. The van der Waals surface area contributed by atoms with Gasteiger partial charge in [-0.25, -0.2) is 0 Å². The van der Waals surface area contributed by atoms with E-state index < -0.39 is 0 Å². The van der Waals surface area contributed by atoms with Crippen LogP contribution >= 0.6 is 50.1 Å². The van der Waals surface area contributed by atoms with Crippen molar-refractivity contribution in [3.63, 3.8) is 0 Å². The van der Waals surface area contributed by atoms with Crippen molar-refractivity contribution in [2.75, 3.05) is 5.88 Å². The summed E-state index contributed by atoms with van der Waals surface area (Å²) in [5, 5.41) is 9.30. The van der Waals surface area contributed by atoms with E-state index in [-0.39, 0.29) is 17.4 Å². The summed E-state index contributed by atoms with van der Waals surface area (Å²) in [6.07, 6.45) is 0. The predicted molar refractivity (Wildman–Crippen MR) is 63.6 cm³/mol. The summed E-state index contributed by atoms with van der Waals surface area (Å²) in [5.41, 5.74) is 0.497. The van der Waals surface area contributed by atoms with E-state index in [4.69, 9.17) is 11.6 Å². The van der Waals surface area contributed by atoms with Crippen LogP contribution in [0.2, 0.25) is 0 Å². The molecule has 0 heterocycles. The van der Waals surface area contributed by atoms with Crippen molar-refractivity contribution in [2.24, 2.45) is 0 Å². The summed E-state index contributed by atoms with van der Waals surface area (Å²) in [4.78, 5) is 11.3. The fraction of sp³-hybridized carbons (Fsp3) is 0.125. The van der Waals surface area contributed by atoms with Gasteiger partial charge in [0.05, 0.1) is 9.45 Å². The highest BCUT2D eigenvalue weighted by Gasteiger charge is 2.13. The Hall–Kier alpha value is 0.190. The average Bonchev–Trinajstić information content (AvgIpc) is 2.13. The Morgan fingerprint density at radius 3 is 2.77 bits per heavy atom. The van der Waals surface area contributed by atoms with Gasteiger partial charge in [-0.15, -0.1) is 11.6 Å². The zero-order chi connectivity index (χ0) is 10.0. The van der Waals surface area contributed by atoms with E-state index in [1.807, 2.05) is 22.6 Å². The smallest absolute Gasteiger partial charge is 0.178 e. The summed E-state index contributed by atoms with van der Waals surface area (Å²) in [7, 11) is 0. The van der Waals surface area contributed by atoms with Crippen LogP contribution in [-0.4, -0.2) is 16.8 Å². The largest absolute Gasteiger partial charge is 0.507 e. The van der Waals surface area contributed by atoms with Crippen LogP contribution in [0.3, 0.4) is 0 Å². The first-order valence-corrected chi connectivity index (χ1v) is 5.74. The van der Waals surface area contributed by atoms with Crippen LogP contribution in [0.15, 0.2) is 16.6 Å². The van der Waals surface area contributed by atoms with E-state index in [2.05, 4.69) is 15.9 Å². The molecule has 1 aromatic carbocycles. The number of hydrogen-bond donors (Lipinski definition) is 1. The van der Waals surface area contributed by atoms with Gasteiger partial charge in [0, 0.05) is 10.0 Å². The minimum Gasteiger partial charge on any atom is -0.507 e. The number of phenols is 1. The van der Waals surface area contributed by atoms with Gasteiger partial charge >= 0.3 is 0 Å². The molecule has 0 atom stereocenters. The third-order valence-electron chi connectivity index (χ3n) is 1.48. The molecule has 2 nitrogen and oxygen atoms in total. The molecule has 0 saturated heterocycles. The highest BCUT2D eigenvalue weighted by atomic mass is 127. The first-order valence-electron chi connectivity index (χ1n) is 3.34. The topological polar surface area (TPSA) is 37.3 Å². The van der Waals surface area contributed by atoms with Gasteiger partial charge in [0.1, 0.15) is 5.75 Å². The van der Waals surface area contributed by atoms with Crippen molar-refractivity contribution in [1.29, 1.82) is 0 Å². The fourth-order valence-electron chi connectivity index (χ4n) is 0.827. The number of Topliss-reactive ketones (excluding diaryl/α,β-unsaturated/α-hetero) is 1. The maximum Gasteiger partial charge on any atom is 0.178 e. The number of hydrogen-bond acceptors (Lipinski definition) is 2. The summed E-state index contributed by atoms with van der Waals surface area (Å²) in [6.45, 7) is 0.